The summed E-state index contributed by atoms with van der Waals surface area (Å²) >= 11 is 0. The van der Waals surface area contributed by atoms with E-state index in [1.807, 2.05) is 10.6 Å². The van der Waals surface area contributed by atoms with Crippen LogP contribution in [0, 0.1) is 11.2 Å². The SMILES string of the molecule is CCCC1(Cn2c(N)nc3c(F)cccc32)CC1. The minimum absolute atomic E-state index is 0.293. The molecule has 96 valence electrons. The van der Waals surface area contributed by atoms with Crippen LogP contribution >= 0.6 is 0 Å². The van der Waals surface area contributed by atoms with E-state index in [1.165, 1.54) is 31.7 Å². The number of nitrogen functional groups attached to an aromatic ring is 1. The van der Waals surface area contributed by atoms with Gasteiger partial charge < -0.3 is 10.3 Å². The summed E-state index contributed by atoms with van der Waals surface area (Å²) < 4.78 is 15.6. The highest BCUT2D eigenvalue weighted by atomic mass is 19.1. The average molecular weight is 247 g/mol. The fraction of sp³-hybridized carbons (Fsp3) is 0.500. The van der Waals surface area contributed by atoms with Crippen LogP contribution < -0.4 is 5.73 Å². The van der Waals surface area contributed by atoms with E-state index in [1.54, 1.807) is 6.07 Å². The smallest absolute Gasteiger partial charge is 0.201 e. The molecule has 3 rings (SSSR count). The van der Waals surface area contributed by atoms with Crippen LogP contribution in [0.25, 0.3) is 11.0 Å². The summed E-state index contributed by atoms with van der Waals surface area (Å²) in [6, 6.07) is 5.04. The van der Waals surface area contributed by atoms with Crippen molar-refractivity contribution in [2.75, 3.05) is 5.73 Å². The second-order valence-corrected chi connectivity index (χ2v) is 5.41. The molecule has 1 aromatic heterocycles. The number of anilines is 1. The van der Waals surface area contributed by atoms with Crippen molar-refractivity contribution < 1.29 is 4.39 Å². The van der Waals surface area contributed by atoms with Crippen molar-refractivity contribution >= 4 is 17.0 Å². The number of benzene rings is 1. The number of nitrogens with zero attached hydrogens (tertiary/aromatic N) is 2. The van der Waals surface area contributed by atoms with E-state index in [2.05, 4.69) is 11.9 Å². The molecule has 1 aromatic carbocycles. The fourth-order valence-electron chi connectivity index (χ4n) is 2.83. The molecule has 0 radical (unpaired) electrons. The molecule has 0 amide bonds. The molecule has 0 aliphatic heterocycles. The molecule has 0 bridgehead atoms. The van der Waals surface area contributed by atoms with Crippen LogP contribution in [-0.2, 0) is 6.54 Å². The number of imidazole rings is 1. The second-order valence-electron chi connectivity index (χ2n) is 5.41. The lowest BCUT2D eigenvalue weighted by atomic mass is 10.0. The molecular formula is C14H18FN3. The van der Waals surface area contributed by atoms with Crippen LogP contribution in [0.1, 0.15) is 32.6 Å². The minimum atomic E-state index is -0.293. The van der Waals surface area contributed by atoms with E-state index < -0.39 is 0 Å². The van der Waals surface area contributed by atoms with E-state index in [0.29, 0.717) is 16.9 Å². The van der Waals surface area contributed by atoms with Crippen LogP contribution in [0.3, 0.4) is 0 Å². The van der Waals surface area contributed by atoms with Crippen molar-refractivity contribution in [2.45, 2.75) is 39.2 Å². The Hall–Kier alpha value is -1.58. The van der Waals surface area contributed by atoms with E-state index >= 15 is 0 Å². The summed E-state index contributed by atoms with van der Waals surface area (Å²) in [6.45, 7) is 3.07. The van der Waals surface area contributed by atoms with Crippen LogP contribution in [0.15, 0.2) is 18.2 Å². The van der Waals surface area contributed by atoms with Gasteiger partial charge in [-0.15, -0.1) is 0 Å². The molecule has 0 saturated heterocycles. The third kappa shape index (κ3) is 1.76. The lowest BCUT2D eigenvalue weighted by Gasteiger charge is -2.16. The zero-order valence-corrected chi connectivity index (χ0v) is 10.6. The van der Waals surface area contributed by atoms with E-state index in [-0.39, 0.29) is 5.82 Å². The Kier molecular flexibility index (Phi) is 2.54. The lowest BCUT2D eigenvalue weighted by Crippen LogP contribution is -2.13. The van der Waals surface area contributed by atoms with E-state index in [0.717, 1.165) is 12.1 Å². The maximum absolute atomic E-state index is 13.6. The molecular weight excluding hydrogens is 229 g/mol. The Bertz CT molecular complexity index is 584. The van der Waals surface area contributed by atoms with Crippen LogP contribution in [0.2, 0.25) is 0 Å². The molecule has 2 N–H and O–H groups in total. The normalized spacial score (nSPS) is 17.2. The van der Waals surface area contributed by atoms with Gasteiger partial charge in [-0.1, -0.05) is 19.4 Å². The summed E-state index contributed by atoms with van der Waals surface area (Å²) in [4.78, 5) is 4.15. The Balaban J connectivity index is 2.02. The molecule has 1 saturated carbocycles. The molecule has 0 spiro atoms. The van der Waals surface area contributed by atoms with Crippen molar-refractivity contribution in [3.8, 4) is 0 Å². The molecule has 0 unspecified atom stereocenters. The predicted molar refractivity (Wildman–Crippen MR) is 70.7 cm³/mol. The Labute approximate surface area is 106 Å². The zero-order chi connectivity index (χ0) is 12.8. The highest BCUT2D eigenvalue weighted by molar-refractivity contribution is 5.78. The Morgan fingerprint density at radius 3 is 2.89 bits per heavy atom. The minimum Gasteiger partial charge on any atom is -0.369 e. The quantitative estimate of drug-likeness (QED) is 0.900. The van der Waals surface area contributed by atoms with Crippen molar-refractivity contribution in [3.05, 3.63) is 24.0 Å². The van der Waals surface area contributed by atoms with Crippen molar-refractivity contribution in [1.82, 2.24) is 9.55 Å². The maximum atomic E-state index is 13.6. The fourth-order valence-corrected chi connectivity index (χ4v) is 2.83. The Morgan fingerprint density at radius 1 is 1.44 bits per heavy atom. The topological polar surface area (TPSA) is 43.8 Å². The summed E-state index contributed by atoms with van der Waals surface area (Å²) in [6.07, 6.45) is 4.88. The number of nitrogens with two attached hydrogens (primary N) is 1. The first-order valence-corrected chi connectivity index (χ1v) is 6.55. The van der Waals surface area contributed by atoms with Gasteiger partial charge in [-0.3, -0.25) is 0 Å². The van der Waals surface area contributed by atoms with Gasteiger partial charge in [0.05, 0.1) is 5.52 Å². The number of halogens is 1. The van der Waals surface area contributed by atoms with E-state index in [9.17, 15) is 4.39 Å². The van der Waals surface area contributed by atoms with Crippen molar-refractivity contribution in [2.24, 2.45) is 5.41 Å². The monoisotopic (exact) mass is 247 g/mol. The third-order valence-electron chi connectivity index (χ3n) is 3.99. The number of hydrogen-bond acceptors (Lipinski definition) is 2. The van der Waals surface area contributed by atoms with Crippen LogP contribution in [0.4, 0.5) is 10.3 Å². The van der Waals surface area contributed by atoms with E-state index in [4.69, 9.17) is 5.73 Å². The molecule has 2 aromatic rings. The molecule has 1 aliphatic rings. The average Bonchev–Trinajstić information content (AvgIpc) is 3.02. The molecule has 0 atom stereocenters. The predicted octanol–water partition coefficient (Wildman–Crippen LogP) is 3.34. The highest BCUT2D eigenvalue weighted by Gasteiger charge is 2.42. The summed E-state index contributed by atoms with van der Waals surface area (Å²) in [5.41, 5.74) is 7.52. The number of para-hydroxylation sites is 1. The Morgan fingerprint density at radius 2 is 2.22 bits per heavy atom. The van der Waals surface area contributed by atoms with Gasteiger partial charge in [0.25, 0.3) is 0 Å². The third-order valence-corrected chi connectivity index (χ3v) is 3.99. The van der Waals surface area contributed by atoms with Gasteiger partial charge in [-0.05, 0) is 36.8 Å². The lowest BCUT2D eigenvalue weighted by molar-refractivity contribution is 0.396. The maximum Gasteiger partial charge on any atom is 0.201 e. The van der Waals surface area contributed by atoms with Gasteiger partial charge in [-0.25, -0.2) is 9.37 Å². The van der Waals surface area contributed by atoms with Gasteiger partial charge >= 0.3 is 0 Å². The number of rotatable bonds is 4. The van der Waals surface area contributed by atoms with Crippen LogP contribution in [0.5, 0.6) is 0 Å². The highest BCUT2D eigenvalue weighted by Crippen LogP contribution is 2.51. The van der Waals surface area contributed by atoms with Crippen LogP contribution in [-0.4, -0.2) is 9.55 Å². The molecule has 1 aliphatic carbocycles. The first-order valence-electron chi connectivity index (χ1n) is 6.55. The number of aromatic nitrogens is 2. The first-order chi connectivity index (χ1) is 8.65. The molecule has 3 nitrogen and oxygen atoms in total. The van der Waals surface area contributed by atoms with Gasteiger partial charge in [0.15, 0.2) is 5.82 Å². The van der Waals surface area contributed by atoms with Crippen molar-refractivity contribution in [3.63, 3.8) is 0 Å². The number of hydrogen-bond donors (Lipinski definition) is 1. The van der Waals surface area contributed by atoms with Gasteiger partial charge in [0, 0.05) is 6.54 Å². The first kappa shape index (κ1) is 11.5. The molecule has 1 fully saturated rings. The van der Waals surface area contributed by atoms with Gasteiger partial charge in [-0.2, -0.15) is 0 Å². The summed E-state index contributed by atoms with van der Waals surface area (Å²) in [5.74, 6) is 0.135. The summed E-state index contributed by atoms with van der Waals surface area (Å²) in [7, 11) is 0. The molecule has 4 heteroatoms. The van der Waals surface area contributed by atoms with Gasteiger partial charge in [0.1, 0.15) is 5.52 Å². The van der Waals surface area contributed by atoms with Gasteiger partial charge in [0.2, 0.25) is 5.95 Å². The zero-order valence-electron chi connectivity index (χ0n) is 10.6. The standard InChI is InChI=1S/C14H18FN3/c1-2-6-14(7-8-14)9-18-11-5-3-4-10(15)12(11)17-13(18)16/h3-5H,2,6-9H2,1H3,(H2,16,17). The largest absolute Gasteiger partial charge is 0.369 e. The van der Waals surface area contributed by atoms with Crippen molar-refractivity contribution in [1.29, 1.82) is 0 Å². The molecule has 1 heterocycles. The number of fused-ring (bicyclic) bond motifs is 1. The second kappa shape index (κ2) is 3.97. The molecule has 18 heavy (non-hydrogen) atoms. The summed E-state index contributed by atoms with van der Waals surface area (Å²) in [5, 5.41) is 0.